The Kier molecular flexibility index (Phi) is 9.35. The first-order valence-corrected chi connectivity index (χ1v) is 27.8. The van der Waals surface area contributed by atoms with Gasteiger partial charge in [-0.1, -0.05) is 0 Å². The van der Waals surface area contributed by atoms with E-state index in [1.807, 2.05) is 16.7 Å². The first kappa shape index (κ1) is 34.4. The van der Waals surface area contributed by atoms with Gasteiger partial charge in [-0.25, -0.2) is 0 Å². The van der Waals surface area contributed by atoms with Crippen LogP contribution >= 0.6 is 24.8 Å². The van der Waals surface area contributed by atoms with Gasteiger partial charge in [0.1, 0.15) is 0 Å². The standard InChI is InChI=1S/C21H31.2C7H7.C5H5.2ClH.H2Si.Zr/c1-13-11-16-9-10-18-17-8-6-5-7-15(17)12-19(18)20(16)14(2)21(13,3)4;2*1-7-5-3-2-4-6-7;1-2-4-5-3-1;;;;/h7,13,16-18H,5-6,8-12H2,1-4H3;2*3-6H,1H3;1-3H,4H2;2*1H;1H2;. The fourth-order valence-corrected chi connectivity index (χ4v) is 40.0. The first-order chi connectivity index (χ1) is 20.0. The number of benzene rings is 2. The Hall–Kier alpha value is -0.920. The number of rotatable bonds is 4. The molecule has 44 heavy (non-hydrogen) atoms. The summed E-state index contributed by atoms with van der Waals surface area (Å²) >= 11 is -4.48. The van der Waals surface area contributed by atoms with E-state index in [1.54, 1.807) is 9.82 Å². The third-order valence-electron chi connectivity index (χ3n) is 14.2. The fourth-order valence-electron chi connectivity index (χ4n) is 11.3. The minimum absolute atomic E-state index is 0. The Bertz CT molecular complexity index is 1570. The van der Waals surface area contributed by atoms with Gasteiger partial charge in [0, 0.05) is 0 Å². The number of halogens is 2. The van der Waals surface area contributed by atoms with Gasteiger partial charge in [-0.15, -0.1) is 24.8 Å². The molecule has 0 heterocycles. The molecule has 2 aromatic rings. The molecule has 0 saturated heterocycles. The quantitative estimate of drug-likeness (QED) is 0.218. The molecule has 7 rings (SSSR count). The zero-order chi connectivity index (χ0) is 29.5. The molecule has 5 unspecified atom stereocenters. The maximum absolute atomic E-state index is 4.48. The first-order valence-electron chi connectivity index (χ1n) is 17.0. The van der Waals surface area contributed by atoms with Gasteiger partial charge in [0.15, 0.2) is 0 Å². The van der Waals surface area contributed by atoms with Gasteiger partial charge in [0.05, 0.1) is 0 Å². The van der Waals surface area contributed by atoms with Crippen molar-refractivity contribution < 1.29 is 17.4 Å². The van der Waals surface area contributed by atoms with E-state index in [9.17, 15) is 0 Å². The SMILES string of the molecule is Cc1cc[c]([Zr](=[SiH2])([C]2=CC=CC2)([c]2ccc(C)cc2)[C]2(C)C3=C4CC5=CCCCC5C4CCC3CC(C)C2(C)C)cc1.Cl.Cl. The predicted octanol–water partition coefficient (Wildman–Crippen LogP) is 9.88. The second kappa shape index (κ2) is 12.0. The van der Waals surface area contributed by atoms with Gasteiger partial charge in [-0.2, -0.15) is 0 Å². The molecule has 0 bridgehead atoms. The van der Waals surface area contributed by atoms with Crippen molar-refractivity contribution in [1.29, 1.82) is 0 Å². The molecule has 0 nitrogen and oxygen atoms in total. The van der Waals surface area contributed by atoms with Crippen molar-refractivity contribution in [2.45, 2.75) is 96.0 Å². The molecule has 4 heteroatoms. The zero-order valence-corrected chi connectivity index (χ0v) is 33.4. The number of fused-ring (bicyclic) bond motifs is 4. The van der Waals surface area contributed by atoms with Crippen LogP contribution in [-0.4, -0.2) is 6.88 Å². The average molecular weight is 725 g/mol. The van der Waals surface area contributed by atoms with Crippen LogP contribution in [-0.2, 0) is 17.4 Å². The van der Waals surface area contributed by atoms with Crippen molar-refractivity contribution in [2.75, 3.05) is 0 Å². The zero-order valence-electron chi connectivity index (χ0n) is 27.9. The second-order valence-corrected chi connectivity index (χ2v) is 38.2. The van der Waals surface area contributed by atoms with E-state index in [2.05, 4.69) is 121 Å². The summed E-state index contributed by atoms with van der Waals surface area (Å²) in [4.78, 5) is 0. The average Bonchev–Trinajstić information content (AvgIpc) is 3.65. The Labute approximate surface area is 282 Å². The summed E-state index contributed by atoms with van der Waals surface area (Å²) in [5.41, 5.74) is 8.62. The number of hydrogen-bond donors (Lipinski definition) is 0. The van der Waals surface area contributed by atoms with Crippen LogP contribution in [0.15, 0.2) is 92.8 Å². The molecular weight excluding hydrogens is 671 g/mol. The molecule has 2 saturated carbocycles. The van der Waals surface area contributed by atoms with Crippen LogP contribution < -0.4 is 6.54 Å². The third-order valence-corrected chi connectivity index (χ3v) is 45.8. The van der Waals surface area contributed by atoms with E-state index in [0.717, 1.165) is 24.2 Å². The minimum atomic E-state index is -4.48. The number of hydrogen-bond acceptors (Lipinski definition) is 0. The molecule has 0 aromatic heterocycles. The Morgan fingerprint density at radius 1 is 0.818 bits per heavy atom. The largest absolute Gasteiger partial charge is 0.147 e. The van der Waals surface area contributed by atoms with Gasteiger partial charge >= 0.3 is 260 Å². The van der Waals surface area contributed by atoms with Gasteiger partial charge in [-0.3, -0.25) is 0 Å². The van der Waals surface area contributed by atoms with E-state index in [-0.39, 0.29) is 33.4 Å². The van der Waals surface area contributed by atoms with Crippen molar-refractivity contribution in [3.05, 3.63) is 104 Å². The van der Waals surface area contributed by atoms with E-state index >= 15 is 0 Å². The summed E-state index contributed by atoms with van der Waals surface area (Å²) in [6.45, 7) is 18.0. The van der Waals surface area contributed by atoms with Crippen molar-refractivity contribution in [1.82, 2.24) is 0 Å². The summed E-state index contributed by atoms with van der Waals surface area (Å²) in [5.74, 6) is 3.02. The van der Waals surface area contributed by atoms with Gasteiger partial charge in [0.25, 0.3) is 0 Å². The monoisotopic (exact) mass is 722 g/mol. The Balaban J connectivity index is 0.00000192. The summed E-state index contributed by atoms with van der Waals surface area (Å²) in [6, 6.07) is 20.1. The van der Waals surface area contributed by atoms with Gasteiger partial charge < -0.3 is 0 Å². The number of aryl methyl sites for hydroxylation is 2. The van der Waals surface area contributed by atoms with E-state index < -0.39 is 17.4 Å². The summed E-state index contributed by atoms with van der Waals surface area (Å²) < 4.78 is 5.26. The molecular formula is C40H54Cl2SiZr. The molecule has 5 aliphatic carbocycles. The number of allylic oxidation sites excluding steroid dienone is 8. The molecule has 0 aliphatic heterocycles. The third kappa shape index (κ3) is 4.36. The maximum Gasteiger partial charge on any atom is -0.147 e. The topological polar surface area (TPSA) is 0 Å². The summed E-state index contributed by atoms with van der Waals surface area (Å²) in [7, 11) is 0. The predicted molar refractivity (Wildman–Crippen MR) is 196 cm³/mol. The van der Waals surface area contributed by atoms with Crippen molar-refractivity contribution in [3.8, 4) is 0 Å². The smallest absolute Gasteiger partial charge is 0.147 e. The van der Waals surface area contributed by atoms with Crippen molar-refractivity contribution in [3.63, 3.8) is 0 Å². The van der Waals surface area contributed by atoms with Crippen LogP contribution in [0.4, 0.5) is 0 Å². The fraction of sp³-hybridized carbons (Fsp3) is 0.500. The van der Waals surface area contributed by atoms with Crippen LogP contribution in [0.5, 0.6) is 0 Å². The van der Waals surface area contributed by atoms with Crippen LogP contribution in [0.25, 0.3) is 0 Å². The Morgan fingerprint density at radius 3 is 2.00 bits per heavy atom. The van der Waals surface area contributed by atoms with Crippen LogP contribution in [0.1, 0.15) is 90.2 Å². The molecule has 2 fully saturated rings. The van der Waals surface area contributed by atoms with Crippen molar-refractivity contribution >= 4 is 38.2 Å². The molecule has 5 atom stereocenters. The molecule has 236 valence electrons. The maximum atomic E-state index is 2.86. The van der Waals surface area contributed by atoms with Crippen LogP contribution in [0.2, 0.25) is 3.12 Å². The van der Waals surface area contributed by atoms with E-state index in [0.29, 0.717) is 5.92 Å². The van der Waals surface area contributed by atoms with Crippen molar-refractivity contribution in [2.24, 2.45) is 29.1 Å². The molecule has 0 N–H and O–H groups in total. The molecule has 5 aliphatic rings. The molecule has 0 spiro atoms. The van der Waals surface area contributed by atoms with Crippen LogP contribution in [0, 0.1) is 42.9 Å². The van der Waals surface area contributed by atoms with Crippen LogP contribution in [0.3, 0.4) is 0 Å². The summed E-state index contributed by atoms with van der Waals surface area (Å²) in [6.07, 6.45) is 20.8. The minimum Gasteiger partial charge on any atom is -0.147 e. The van der Waals surface area contributed by atoms with Gasteiger partial charge in [-0.05, 0) is 0 Å². The normalized spacial score (nSPS) is 30.7. The van der Waals surface area contributed by atoms with Gasteiger partial charge in [0.2, 0.25) is 0 Å². The molecule has 0 amide bonds. The summed E-state index contributed by atoms with van der Waals surface area (Å²) in [5, 5.41) is 0. The molecule has 2 aromatic carbocycles. The molecule has 0 radical (unpaired) electrons. The second-order valence-electron chi connectivity index (χ2n) is 15.8. The Morgan fingerprint density at radius 2 is 1.43 bits per heavy atom. The van der Waals surface area contributed by atoms with E-state index in [4.69, 9.17) is 0 Å². The van der Waals surface area contributed by atoms with E-state index in [1.165, 1.54) is 56.1 Å².